The predicted octanol–water partition coefficient (Wildman–Crippen LogP) is 3.76. The van der Waals surface area contributed by atoms with Crippen LogP contribution in [0, 0.1) is 12.7 Å². The Morgan fingerprint density at radius 3 is 2.71 bits per heavy atom. The molecule has 31 heavy (non-hydrogen) atoms. The third-order valence-corrected chi connectivity index (χ3v) is 6.72. The Labute approximate surface area is 177 Å². The number of nitrogens with one attached hydrogen (secondary N) is 1. The topological polar surface area (TPSA) is 92.5 Å². The summed E-state index contributed by atoms with van der Waals surface area (Å²) >= 11 is 0. The average molecular weight is 439 g/mol. The number of fused-ring (bicyclic) bond motifs is 2. The predicted molar refractivity (Wildman–Crippen MR) is 114 cm³/mol. The number of rotatable bonds is 4. The minimum atomic E-state index is -4.24. The van der Waals surface area contributed by atoms with Gasteiger partial charge in [0.1, 0.15) is 16.3 Å². The van der Waals surface area contributed by atoms with Gasteiger partial charge in [-0.25, -0.2) is 17.5 Å². The van der Waals surface area contributed by atoms with E-state index in [2.05, 4.69) is 4.98 Å². The van der Waals surface area contributed by atoms with E-state index in [1.54, 1.807) is 37.3 Å². The van der Waals surface area contributed by atoms with E-state index in [0.717, 1.165) is 19.5 Å². The van der Waals surface area contributed by atoms with Crippen molar-refractivity contribution in [2.45, 2.75) is 18.2 Å². The highest BCUT2D eigenvalue weighted by Gasteiger charge is 2.25. The van der Waals surface area contributed by atoms with E-state index < -0.39 is 21.7 Å². The molecule has 1 aliphatic rings. The minimum Gasteiger partial charge on any atom is -0.451 e. The highest BCUT2D eigenvalue weighted by atomic mass is 32.2. The summed E-state index contributed by atoms with van der Waals surface area (Å²) < 4.78 is 47.9. The van der Waals surface area contributed by atoms with Gasteiger partial charge in [-0.05, 0) is 31.5 Å². The summed E-state index contributed by atoms with van der Waals surface area (Å²) in [7, 11) is -4.24. The second-order valence-corrected chi connectivity index (χ2v) is 9.16. The molecule has 158 valence electrons. The molecule has 1 amide bonds. The number of carbonyl (C=O) groups is 1. The van der Waals surface area contributed by atoms with Crippen molar-refractivity contribution < 1.29 is 22.0 Å². The molecule has 0 aliphatic carbocycles. The number of sulfonamides is 1. The number of aryl methyl sites for hydroxylation is 1. The molecule has 0 spiro atoms. The normalized spacial score (nSPS) is 14.1. The van der Waals surface area contributed by atoms with Gasteiger partial charge in [-0.15, -0.1) is 0 Å². The lowest BCUT2D eigenvalue weighted by Crippen LogP contribution is -2.36. The maximum Gasteiger partial charge on any atom is 0.300 e. The van der Waals surface area contributed by atoms with Gasteiger partial charge >= 0.3 is 5.91 Å². The summed E-state index contributed by atoms with van der Waals surface area (Å²) in [6, 6.07) is 12.5. The number of carbonyl (C=O) groups excluding carboxylic acids is 1. The highest BCUT2D eigenvalue weighted by Crippen LogP contribution is 2.30. The lowest BCUT2D eigenvalue weighted by Gasteiger charge is -2.33. The van der Waals surface area contributed by atoms with Gasteiger partial charge in [0.15, 0.2) is 5.76 Å². The Balaban J connectivity index is 1.49. The fourth-order valence-electron chi connectivity index (χ4n) is 3.61. The lowest BCUT2D eigenvalue weighted by atomic mass is 10.1. The fraction of sp³-hybridized carbons (Fsp3) is 0.182. The zero-order valence-corrected chi connectivity index (χ0v) is 17.4. The number of amides is 1. The van der Waals surface area contributed by atoms with Gasteiger partial charge in [-0.1, -0.05) is 18.2 Å². The van der Waals surface area contributed by atoms with Crippen LogP contribution < -0.4 is 9.62 Å². The first-order valence-electron chi connectivity index (χ1n) is 9.73. The van der Waals surface area contributed by atoms with E-state index in [9.17, 15) is 17.6 Å². The molecule has 7 nitrogen and oxygen atoms in total. The Morgan fingerprint density at radius 1 is 1.16 bits per heavy atom. The molecule has 4 aromatic rings. The molecule has 0 saturated carbocycles. The van der Waals surface area contributed by atoms with Gasteiger partial charge in [-0.3, -0.25) is 9.78 Å². The molecule has 0 bridgehead atoms. The van der Waals surface area contributed by atoms with Crippen LogP contribution in [0.1, 0.15) is 22.7 Å². The largest absolute Gasteiger partial charge is 0.451 e. The molecule has 2 aromatic carbocycles. The van der Waals surface area contributed by atoms with Gasteiger partial charge in [0, 0.05) is 42.0 Å². The number of furan rings is 1. The summed E-state index contributed by atoms with van der Waals surface area (Å²) in [6.07, 6.45) is 1.03. The van der Waals surface area contributed by atoms with Gasteiger partial charge in [0.05, 0.1) is 10.9 Å². The third-order valence-electron chi connectivity index (χ3n) is 5.36. The molecule has 0 unspecified atom stereocenters. The van der Waals surface area contributed by atoms with Crippen LogP contribution in [0.3, 0.4) is 0 Å². The number of aromatic nitrogens is 1. The lowest BCUT2D eigenvalue weighted by molar-refractivity contribution is 0.0956. The van der Waals surface area contributed by atoms with Crippen molar-refractivity contribution in [3.8, 4) is 0 Å². The third kappa shape index (κ3) is 3.40. The maximum absolute atomic E-state index is 14.5. The number of benzene rings is 2. The summed E-state index contributed by atoms with van der Waals surface area (Å²) in [5.74, 6) is -1.80. The molecule has 1 aliphatic heterocycles. The van der Waals surface area contributed by atoms with E-state index in [1.807, 2.05) is 9.62 Å². The molecule has 1 saturated heterocycles. The monoisotopic (exact) mass is 439 g/mol. The van der Waals surface area contributed by atoms with E-state index in [-0.39, 0.29) is 27.1 Å². The average Bonchev–Trinajstić information content (AvgIpc) is 3.11. The van der Waals surface area contributed by atoms with E-state index in [1.165, 1.54) is 18.2 Å². The van der Waals surface area contributed by atoms with Crippen LogP contribution in [-0.4, -0.2) is 32.4 Å². The van der Waals surface area contributed by atoms with Gasteiger partial charge in [-0.2, -0.15) is 0 Å². The Kier molecular flexibility index (Phi) is 4.44. The zero-order valence-electron chi connectivity index (χ0n) is 16.6. The summed E-state index contributed by atoms with van der Waals surface area (Å²) in [6.45, 7) is 3.41. The number of halogens is 1. The van der Waals surface area contributed by atoms with Crippen LogP contribution in [0.25, 0.3) is 21.9 Å². The summed E-state index contributed by atoms with van der Waals surface area (Å²) in [5, 5.41) is 0.750. The Bertz CT molecular complexity index is 1460. The van der Waals surface area contributed by atoms with E-state index in [0.29, 0.717) is 16.8 Å². The number of para-hydroxylation sites is 1. The van der Waals surface area contributed by atoms with Crippen LogP contribution in [0.15, 0.2) is 57.8 Å². The molecule has 0 atom stereocenters. The molecule has 0 radical (unpaired) electrons. The molecule has 9 heteroatoms. The molecule has 1 fully saturated rings. The SMILES string of the molecule is Cc1ccc2cccc(S(=O)(=O)NC(=O)c3cc4c(F)cc(N5CCC5)cc4o3)c2n1. The number of nitrogens with zero attached hydrogens (tertiary/aromatic N) is 2. The molecular formula is C22H18FN3O4S. The summed E-state index contributed by atoms with van der Waals surface area (Å²) in [4.78, 5) is 18.8. The van der Waals surface area contributed by atoms with Crippen molar-refractivity contribution in [3.05, 3.63) is 65.8 Å². The molecule has 3 heterocycles. The molecular weight excluding hydrogens is 421 g/mol. The number of pyridine rings is 1. The van der Waals surface area contributed by atoms with Crippen molar-refractivity contribution >= 4 is 43.5 Å². The Hall–Kier alpha value is -3.46. The molecule has 5 rings (SSSR count). The maximum atomic E-state index is 14.5. The standard InChI is InChI=1S/C22H18FN3O4S/c1-13-6-7-14-4-2-5-20(21(14)24-13)31(28,29)25-22(27)19-12-16-17(23)10-15(11-18(16)30-19)26-8-3-9-26/h2,4-7,10-12H,3,8-9H2,1H3,(H,25,27). The van der Waals surface area contributed by atoms with Crippen molar-refractivity contribution in [1.82, 2.24) is 9.71 Å². The Morgan fingerprint density at radius 2 is 1.97 bits per heavy atom. The van der Waals surface area contributed by atoms with E-state index in [4.69, 9.17) is 4.42 Å². The number of hydrogen-bond acceptors (Lipinski definition) is 6. The van der Waals surface area contributed by atoms with E-state index >= 15 is 0 Å². The smallest absolute Gasteiger partial charge is 0.300 e. The van der Waals surface area contributed by atoms with Gasteiger partial charge in [0.2, 0.25) is 0 Å². The number of anilines is 1. The van der Waals surface area contributed by atoms with Crippen molar-refractivity contribution in [3.63, 3.8) is 0 Å². The first-order chi connectivity index (χ1) is 14.8. The first-order valence-corrected chi connectivity index (χ1v) is 11.2. The van der Waals surface area contributed by atoms with Crippen molar-refractivity contribution in [2.75, 3.05) is 18.0 Å². The first kappa shape index (κ1) is 19.5. The van der Waals surface area contributed by atoms with Crippen molar-refractivity contribution in [2.24, 2.45) is 0 Å². The zero-order chi connectivity index (χ0) is 21.8. The van der Waals surface area contributed by atoms with Crippen LogP contribution in [0.2, 0.25) is 0 Å². The minimum absolute atomic E-state index is 0.120. The number of hydrogen-bond donors (Lipinski definition) is 1. The van der Waals surface area contributed by atoms with Crippen LogP contribution >= 0.6 is 0 Å². The van der Waals surface area contributed by atoms with Gasteiger partial charge < -0.3 is 9.32 Å². The molecule has 2 aromatic heterocycles. The van der Waals surface area contributed by atoms with Crippen LogP contribution in [0.5, 0.6) is 0 Å². The van der Waals surface area contributed by atoms with Crippen molar-refractivity contribution in [1.29, 1.82) is 0 Å². The summed E-state index contributed by atoms with van der Waals surface area (Å²) in [5.41, 5.74) is 1.76. The van der Waals surface area contributed by atoms with Crippen LogP contribution in [0.4, 0.5) is 10.1 Å². The van der Waals surface area contributed by atoms with Gasteiger partial charge in [0.25, 0.3) is 10.0 Å². The van der Waals surface area contributed by atoms with Crippen LogP contribution in [-0.2, 0) is 10.0 Å². The highest BCUT2D eigenvalue weighted by molar-refractivity contribution is 7.90. The quantitative estimate of drug-likeness (QED) is 0.521. The second-order valence-electron chi connectivity index (χ2n) is 7.51. The second kappa shape index (κ2) is 7.05. The fourth-order valence-corrected chi connectivity index (χ4v) is 4.74. The molecule has 1 N–H and O–H groups in total.